The summed E-state index contributed by atoms with van der Waals surface area (Å²) in [6.45, 7) is 39.2. The predicted molar refractivity (Wildman–Crippen MR) is 148 cm³/mol. The normalized spacial score (nSPS) is 20.4. The van der Waals surface area contributed by atoms with Gasteiger partial charge in [-0.3, -0.25) is 9.80 Å². The van der Waals surface area contributed by atoms with Gasteiger partial charge in [-0.1, -0.05) is 80.4 Å². The number of nitrogens with zero attached hydrogens (tertiary/aromatic N) is 2. The average Bonchev–Trinajstić information content (AvgIpc) is 3.33. The SMILES string of the molecule is CC(C)(C)CC(C)(C)C(=C1CC1)C(C)(C)CC(C)(C)N1CCN(C(C)(C)CC(C)(C)C)CC1. The molecule has 2 heteroatoms. The number of allylic oxidation sites excluding steroid dienone is 2. The minimum absolute atomic E-state index is 0.211. The summed E-state index contributed by atoms with van der Waals surface area (Å²) in [6, 6.07) is 0. The van der Waals surface area contributed by atoms with Gasteiger partial charge in [0.05, 0.1) is 0 Å². The van der Waals surface area contributed by atoms with Crippen LogP contribution in [0.15, 0.2) is 11.1 Å². The first kappa shape index (κ1) is 28.9. The molecule has 1 heterocycles. The lowest BCUT2D eigenvalue weighted by atomic mass is 9.61. The fourth-order valence-electron chi connectivity index (χ4n) is 8.21. The lowest BCUT2D eigenvalue weighted by Crippen LogP contribution is -2.60. The molecule has 0 aromatic rings. The zero-order valence-corrected chi connectivity index (χ0v) is 25.3. The van der Waals surface area contributed by atoms with Gasteiger partial charge in [0.25, 0.3) is 0 Å². The summed E-state index contributed by atoms with van der Waals surface area (Å²) in [5, 5.41) is 0. The molecule has 0 aromatic carbocycles. The second kappa shape index (κ2) is 9.27. The molecule has 0 radical (unpaired) electrons. The molecular formula is C31H60N2. The maximum absolute atomic E-state index is 2.80. The number of piperazine rings is 1. The molecular weight excluding hydrogens is 400 g/mol. The Morgan fingerprint density at radius 1 is 0.515 bits per heavy atom. The number of hydrogen-bond donors (Lipinski definition) is 0. The van der Waals surface area contributed by atoms with Crippen LogP contribution in [0.4, 0.5) is 0 Å². The highest BCUT2D eigenvalue weighted by atomic mass is 15.3. The molecule has 1 saturated carbocycles. The second-order valence-corrected chi connectivity index (χ2v) is 16.5. The third kappa shape index (κ3) is 8.09. The summed E-state index contributed by atoms with van der Waals surface area (Å²) in [7, 11) is 0. The Bertz CT molecular complexity index is 692. The van der Waals surface area contributed by atoms with Gasteiger partial charge in [-0.2, -0.15) is 0 Å². The minimum atomic E-state index is 0.211. The Morgan fingerprint density at radius 2 is 0.848 bits per heavy atom. The molecule has 0 aromatic heterocycles. The molecule has 1 saturated heterocycles. The van der Waals surface area contributed by atoms with E-state index in [9.17, 15) is 0 Å². The molecule has 2 fully saturated rings. The predicted octanol–water partition coefficient (Wildman–Crippen LogP) is 8.57. The van der Waals surface area contributed by atoms with Crippen LogP contribution >= 0.6 is 0 Å². The van der Waals surface area contributed by atoms with Crippen LogP contribution < -0.4 is 0 Å². The fraction of sp³-hybridized carbons (Fsp3) is 0.935. The Labute approximate surface area is 209 Å². The molecule has 2 rings (SSSR count). The van der Waals surface area contributed by atoms with Crippen molar-refractivity contribution in [3.05, 3.63) is 11.1 Å². The van der Waals surface area contributed by atoms with Gasteiger partial charge in [0.15, 0.2) is 0 Å². The fourth-order valence-corrected chi connectivity index (χ4v) is 8.21. The Hall–Kier alpha value is -0.340. The van der Waals surface area contributed by atoms with Gasteiger partial charge in [0, 0.05) is 37.3 Å². The van der Waals surface area contributed by atoms with Gasteiger partial charge in [-0.25, -0.2) is 0 Å². The lowest BCUT2D eigenvalue weighted by Gasteiger charge is -2.52. The van der Waals surface area contributed by atoms with Crippen LogP contribution in [0, 0.1) is 21.7 Å². The molecule has 0 bridgehead atoms. The Kier molecular flexibility index (Phi) is 8.12. The topological polar surface area (TPSA) is 6.48 Å². The minimum Gasteiger partial charge on any atom is -0.296 e. The van der Waals surface area contributed by atoms with E-state index in [0.717, 1.165) is 0 Å². The van der Waals surface area contributed by atoms with Gasteiger partial charge in [0.1, 0.15) is 0 Å². The van der Waals surface area contributed by atoms with Crippen molar-refractivity contribution in [3.8, 4) is 0 Å². The van der Waals surface area contributed by atoms with Crippen molar-refractivity contribution in [2.45, 2.75) is 140 Å². The van der Waals surface area contributed by atoms with Crippen molar-refractivity contribution in [2.75, 3.05) is 26.2 Å². The summed E-state index contributed by atoms with van der Waals surface area (Å²) in [4.78, 5) is 5.55. The highest BCUT2D eigenvalue weighted by molar-refractivity contribution is 5.35. The van der Waals surface area contributed by atoms with E-state index in [1.54, 1.807) is 11.1 Å². The monoisotopic (exact) mass is 460 g/mol. The van der Waals surface area contributed by atoms with Crippen LogP contribution in [-0.4, -0.2) is 47.1 Å². The average molecular weight is 461 g/mol. The van der Waals surface area contributed by atoms with Crippen molar-refractivity contribution in [3.63, 3.8) is 0 Å². The molecule has 0 unspecified atom stereocenters. The maximum Gasteiger partial charge on any atom is 0.0162 e. The van der Waals surface area contributed by atoms with Gasteiger partial charge in [-0.05, 0) is 81.5 Å². The largest absolute Gasteiger partial charge is 0.296 e. The molecule has 1 aliphatic heterocycles. The van der Waals surface area contributed by atoms with Crippen LogP contribution in [0.1, 0.15) is 129 Å². The summed E-state index contributed by atoms with van der Waals surface area (Å²) >= 11 is 0. The van der Waals surface area contributed by atoms with Gasteiger partial charge >= 0.3 is 0 Å². The molecule has 0 atom stereocenters. The molecule has 0 spiro atoms. The molecule has 0 N–H and O–H groups in total. The quantitative estimate of drug-likeness (QED) is 0.335. The number of hydrogen-bond acceptors (Lipinski definition) is 2. The highest BCUT2D eigenvalue weighted by Gasteiger charge is 2.45. The first-order chi connectivity index (χ1) is 14.6. The van der Waals surface area contributed by atoms with Crippen LogP contribution in [0.25, 0.3) is 0 Å². The van der Waals surface area contributed by atoms with Crippen molar-refractivity contribution in [1.29, 1.82) is 0 Å². The van der Waals surface area contributed by atoms with E-state index in [1.165, 1.54) is 58.3 Å². The molecule has 194 valence electrons. The smallest absolute Gasteiger partial charge is 0.0162 e. The van der Waals surface area contributed by atoms with E-state index in [1.807, 2.05) is 0 Å². The van der Waals surface area contributed by atoms with Crippen LogP contribution in [0.3, 0.4) is 0 Å². The Morgan fingerprint density at radius 3 is 1.18 bits per heavy atom. The summed E-state index contributed by atoms with van der Waals surface area (Å²) in [6.07, 6.45) is 6.39. The van der Waals surface area contributed by atoms with E-state index in [4.69, 9.17) is 0 Å². The van der Waals surface area contributed by atoms with Gasteiger partial charge in [0.2, 0.25) is 0 Å². The molecule has 1 aliphatic carbocycles. The second-order valence-electron chi connectivity index (χ2n) is 16.5. The zero-order chi connectivity index (χ0) is 25.7. The van der Waals surface area contributed by atoms with E-state index in [0.29, 0.717) is 10.8 Å². The van der Waals surface area contributed by atoms with Crippen LogP contribution in [0.2, 0.25) is 0 Å². The Balaban J connectivity index is 2.13. The molecule has 2 nitrogen and oxygen atoms in total. The highest BCUT2D eigenvalue weighted by Crippen LogP contribution is 2.55. The molecule has 33 heavy (non-hydrogen) atoms. The first-order valence-corrected chi connectivity index (χ1v) is 13.8. The standard InChI is InChI=1S/C31H60N2/c1-26(2,3)21-28(7,8)25(24-15-16-24)29(9,10)23-31(13,14)33-19-17-32(18-20-33)30(11,12)22-27(4,5)6/h15-23H2,1-14H3. The van der Waals surface area contributed by atoms with Gasteiger partial charge < -0.3 is 0 Å². The zero-order valence-electron chi connectivity index (χ0n) is 25.3. The van der Waals surface area contributed by atoms with Crippen molar-refractivity contribution in [1.82, 2.24) is 9.80 Å². The maximum atomic E-state index is 2.80. The molecule has 0 amide bonds. The number of rotatable bonds is 8. The van der Waals surface area contributed by atoms with E-state index < -0.39 is 0 Å². The van der Waals surface area contributed by atoms with Crippen molar-refractivity contribution >= 4 is 0 Å². The van der Waals surface area contributed by atoms with Crippen LogP contribution in [0.5, 0.6) is 0 Å². The summed E-state index contributed by atoms with van der Waals surface area (Å²) < 4.78 is 0. The van der Waals surface area contributed by atoms with E-state index in [2.05, 4.69) is 107 Å². The third-order valence-electron chi connectivity index (χ3n) is 8.01. The first-order valence-electron chi connectivity index (χ1n) is 13.8. The van der Waals surface area contributed by atoms with Crippen LogP contribution in [-0.2, 0) is 0 Å². The third-order valence-corrected chi connectivity index (χ3v) is 8.01. The summed E-state index contributed by atoms with van der Waals surface area (Å²) in [5.41, 5.74) is 5.24. The summed E-state index contributed by atoms with van der Waals surface area (Å²) in [5.74, 6) is 0. The van der Waals surface area contributed by atoms with E-state index >= 15 is 0 Å². The lowest BCUT2D eigenvalue weighted by molar-refractivity contribution is -0.0164. The molecule has 2 aliphatic rings. The van der Waals surface area contributed by atoms with Crippen molar-refractivity contribution < 1.29 is 0 Å². The van der Waals surface area contributed by atoms with Crippen molar-refractivity contribution in [2.24, 2.45) is 21.7 Å². The van der Waals surface area contributed by atoms with Gasteiger partial charge in [-0.15, -0.1) is 0 Å². The van der Waals surface area contributed by atoms with E-state index in [-0.39, 0.29) is 21.9 Å².